The fourth-order valence-corrected chi connectivity index (χ4v) is 3.43. The second kappa shape index (κ2) is 5.35. The summed E-state index contributed by atoms with van der Waals surface area (Å²) in [4.78, 5) is 14.4. The van der Waals surface area contributed by atoms with Gasteiger partial charge in [-0.15, -0.1) is 12.4 Å². The van der Waals surface area contributed by atoms with E-state index < -0.39 is 0 Å². The molecule has 1 N–H and O–H groups in total. The molecule has 1 saturated carbocycles. The Bertz CT molecular complexity index is 312. The van der Waals surface area contributed by atoms with Gasteiger partial charge in [-0.05, 0) is 44.2 Å². The Kier molecular flexibility index (Phi) is 4.19. The van der Waals surface area contributed by atoms with E-state index in [1.807, 2.05) is 11.9 Å². The molecule has 2 atom stereocenters. The van der Waals surface area contributed by atoms with Gasteiger partial charge in [0.1, 0.15) is 0 Å². The lowest BCUT2D eigenvalue weighted by molar-refractivity contribution is -0.134. The smallest absolute Gasteiger partial charge is 0.226 e. The first-order valence-electron chi connectivity index (χ1n) is 6.78. The first-order valence-corrected chi connectivity index (χ1v) is 6.78. The molecule has 0 bridgehead atoms. The zero-order valence-corrected chi connectivity index (χ0v) is 11.8. The predicted octanol–water partition coefficient (Wildman–Crippen LogP) is 1.05. The molecule has 0 aromatic rings. The lowest BCUT2D eigenvalue weighted by Gasteiger charge is -2.27. The molecule has 5 heteroatoms. The van der Waals surface area contributed by atoms with Crippen LogP contribution in [0.4, 0.5) is 0 Å². The van der Waals surface area contributed by atoms with Gasteiger partial charge in [0.05, 0.1) is 12.6 Å². The lowest BCUT2D eigenvalue weighted by Crippen LogP contribution is -2.40. The molecule has 104 valence electrons. The molecular formula is C13H23ClN2O2. The van der Waals surface area contributed by atoms with Gasteiger partial charge >= 0.3 is 0 Å². The van der Waals surface area contributed by atoms with Crippen LogP contribution in [-0.4, -0.2) is 50.2 Å². The number of carbonyl (C=O) groups is 1. The maximum absolute atomic E-state index is 12.4. The second-order valence-corrected chi connectivity index (χ2v) is 5.84. The number of piperidine rings is 1. The lowest BCUT2D eigenvalue weighted by atomic mass is 9.91. The van der Waals surface area contributed by atoms with Gasteiger partial charge < -0.3 is 15.0 Å². The fraction of sp³-hybridized carbons (Fsp3) is 0.923. The van der Waals surface area contributed by atoms with Gasteiger partial charge in [-0.2, -0.15) is 0 Å². The van der Waals surface area contributed by atoms with E-state index in [9.17, 15) is 4.79 Å². The normalized spacial score (nSPS) is 32.9. The Morgan fingerprint density at radius 3 is 2.72 bits per heavy atom. The molecule has 2 unspecified atom stereocenters. The highest BCUT2D eigenvalue weighted by molar-refractivity contribution is 5.85. The molecule has 1 aliphatic carbocycles. The van der Waals surface area contributed by atoms with Gasteiger partial charge in [-0.1, -0.05) is 0 Å². The number of nitrogens with zero attached hydrogens (tertiary/aromatic N) is 1. The number of hydrogen-bond donors (Lipinski definition) is 1. The Balaban J connectivity index is 0.00000120. The van der Waals surface area contributed by atoms with E-state index in [0.29, 0.717) is 23.3 Å². The van der Waals surface area contributed by atoms with Crippen molar-refractivity contribution in [1.29, 1.82) is 0 Å². The minimum atomic E-state index is 0. The van der Waals surface area contributed by atoms with Crippen LogP contribution in [0.25, 0.3) is 0 Å². The average Bonchev–Trinajstić information content (AvgIpc) is 2.83. The molecule has 2 heterocycles. The van der Waals surface area contributed by atoms with Crippen LogP contribution in [0, 0.1) is 11.3 Å². The number of halogens is 1. The van der Waals surface area contributed by atoms with Crippen molar-refractivity contribution in [3.8, 4) is 0 Å². The van der Waals surface area contributed by atoms with Crippen LogP contribution in [0.1, 0.15) is 25.7 Å². The first-order chi connectivity index (χ1) is 8.23. The average molecular weight is 275 g/mol. The maximum Gasteiger partial charge on any atom is 0.226 e. The van der Waals surface area contributed by atoms with Crippen molar-refractivity contribution in [1.82, 2.24) is 10.2 Å². The number of ether oxygens (including phenoxy) is 1. The summed E-state index contributed by atoms with van der Waals surface area (Å²) in [7, 11) is 1.95. The van der Waals surface area contributed by atoms with Crippen LogP contribution in [0.3, 0.4) is 0 Å². The molecule has 2 saturated heterocycles. The van der Waals surface area contributed by atoms with Crippen molar-refractivity contribution < 1.29 is 9.53 Å². The summed E-state index contributed by atoms with van der Waals surface area (Å²) in [5.41, 5.74) is 0.357. The summed E-state index contributed by atoms with van der Waals surface area (Å²) in [5, 5.41) is 3.38. The molecule has 1 amide bonds. The van der Waals surface area contributed by atoms with Gasteiger partial charge in [0.15, 0.2) is 0 Å². The molecule has 0 aromatic heterocycles. The van der Waals surface area contributed by atoms with E-state index in [1.165, 1.54) is 12.8 Å². The number of carbonyl (C=O) groups excluding carboxylic acids is 1. The topological polar surface area (TPSA) is 41.6 Å². The van der Waals surface area contributed by atoms with Crippen LogP contribution >= 0.6 is 12.4 Å². The molecule has 0 radical (unpaired) electrons. The van der Waals surface area contributed by atoms with Crippen molar-refractivity contribution >= 4 is 18.3 Å². The summed E-state index contributed by atoms with van der Waals surface area (Å²) in [5.74, 6) is 0.664. The highest BCUT2D eigenvalue weighted by atomic mass is 35.5. The summed E-state index contributed by atoms with van der Waals surface area (Å²) in [6.45, 7) is 3.70. The van der Waals surface area contributed by atoms with E-state index in [0.717, 1.165) is 39.1 Å². The van der Waals surface area contributed by atoms with Gasteiger partial charge in [0, 0.05) is 19.6 Å². The van der Waals surface area contributed by atoms with E-state index in [2.05, 4.69) is 5.32 Å². The molecule has 3 fully saturated rings. The van der Waals surface area contributed by atoms with Crippen LogP contribution < -0.4 is 5.32 Å². The van der Waals surface area contributed by atoms with Crippen molar-refractivity contribution in [2.45, 2.75) is 31.7 Å². The van der Waals surface area contributed by atoms with Crippen molar-refractivity contribution in [2.75, 3.05) is 33.4 Å². The minimum absolute atomic E-state index is 0. The van der Waals surface area contributed by atoms with E-state index in [1.54, 1.807) is 0 Å². The van der Waals surface area contributed by atoms with Gasteiger partial charge in [-0.3, -0.25) is 4.79 Å². The summed E-state index contributed by atoms with van der Waals surface area (Å²) in [6, 6.07) is 0.321. The van der Waals surface area contributed by atoms with Crippen molar-refractivity contribution in [3.05, 3.63) is 0 Å². The quantitative estimate of drug-likeness (QED) is 0.818. The molecule has 0 aromatic carbocycles. The molecule has 18 heavy (non-hydrogen) atoms. The predicted molar refractivity (Wildman–Crippen MR) is 71.9 cm³/mol. The molecule has 4 nitrogen and oxygen atoms in total. The van der Waals surface area contributed by atoms with E-state index in [4.69, 9.17) is 4.74 Å². The van der Waals surface area contributed by atoms with Crippen LogP contribution in [0.5, 0.6) is 0 Å². The monoisotopic (exact) mass is 274 g/mol. The highest BCUT2D eigenvalue weighted by Gasteiger charge is 2.58. The van der Waals surface area contributed by atoms with E-state index in [-0.39, 0.29) is 12.4 Å². The third-order valence-electron chi connectivity index (χ3n) is 4.89. The second-order valence-electron chi connectivity index (χ2n) is 5.84. The maximum atomic E-state index is 12.4. The number of hydrogen-bond acceptors (Lipinski definition) is 3. The Morgan fingerprint density at radius 2 is 2.11 bits per heavy atom. The third-order valence-corrected chi connectivity index (χ3v) is 4.89. The first kappa shape index (κ1) is 14.1. The van der Waals surface area contributed by atoms with Crippen LogP contribution in [-0.2, 0) is 9.53 Å². The molecule has 1 spiro atoms. The molecular weight excluding hydrogens is 252 g/mol. The number of rotatable bonds is 2. The Morgan fingerprint density at radius 1 is 1.39 bits per heavy atom. The molecule has 3 rings (SSSR count). The van der Waals surface area contributed by atoms with Gasteiger partial charge in [0.25, 0.3) is 0 Å². The van der Waals surface area contributed by atoms with Crippen LogP contribution in [0.15, 0.2) is 0 Å². The van der Waals surface area contributed by atoms with Gasteiger partial charge in [-0.25, -0.2) is 0 Å². The summed E-state index contributed by atoms with van der Waals surface area (Å²) >= 11 is 0. The molecule has 3 aliphatic rings. The molecule has 2 aliphatic heterocycles. The number of nitrogens with one attached hydrogen (secondary N) is 1. The highest BCUT2D eigenvalue weighted by Crippen LogP contribution is 2.59. The third kappa shape index (κ3) is 2.38. The minimum Gasteiger partial charge on any atom is -0.379 e. The summed E-state index contributed by atoms with van der Waals surface area (Å²) < 4.78 is 5.36. The summed E-state index contributed by atoms with van der Waals surface area (Å²) in [6.07, 6.45) is 4.48. The van der Waals surface area contributed by atoms with Gasteiger partial charge in [0.2, 0.25) is 5.91 Å². The fourth-order valence-electron chi connectivity index (χ4n) is 3.43. The Hall–Kier alpha value is -0.320. The zero-order chi connectivity index (χ0) is 11.9. The SMILES string of the molecule is CN(C(=O)C1CC12CCNCC2)C1CCOC1.Cl. The zero-order valence-electron chi connectivity index (χ0n) is 11.0. The van der Waals surface area contributed by atoms with Crippen molar-refractivity contribution in [2.24, 2.45) is 11.3 Å². The van der Waals surface area contributed by atoms with Crippen LogP contribution in [0.2, 0.25) is 0 Å². The van der Waals surface area contributed by atoms with E-state index >= 15 is 0 Å². The Labute approximate surface area is 115 Å². The van der Waals surface area contributed by atoms with Crippen molar-refractivity contribution in [3.63, 3.8) is 0 Å². The number of likely N-dealkylation sites (N-methyl/N-ethyl adjacent to an activating group) is 1. The number of amides is 1. The largest absolute Gasteiger partial charge is 0.379 e. The standard InChI is InChI=1S/C13H22N2O2.ClH/c1-15(10-2-7-17-9-10)12(16)11-8-13(11)3-5-14-6-4-13;/h10-11,14H,2-9H2,1H3;1H.